The maximum absolute atomic E-state index is 12.6. The molecule has 1 heterocycles. The predicted octanol–water partition coefficient (Wildman–Crippen LogP) is 3.34. The summed E-state index contributed by atoms with van der Waals surface area (Å²) in [5.41, 5.74) is 7.04. The fourth-order valence-corrected chi connectivity index (χ4v) is 3.71. The van der Waals surface area contributed by atoms with Crippen molar-refractivity contribution >= 4 is 23.3 Å². The van der Waals surface area contributed by atoms with Gasteiger partial charge in [-0.3, -0.25) is 10.2 Å². The van der Waals surface area contributed by atoms with E-state index in [-0.39, 0.29) is 23.1 Å². The largest absolute Gasteiger partial charge is 0.444 e. The van der Waals surface area contributed by atoms with Crippen molar-refractivity contribution in [2.75, 3.05) is 13.1 Å². The Morgan fingerprint density at radius 3 is 2.30 bits per heavy atom. The lowest BCUT2D eigenvalue weighted by atomic mass is 9.78. The standard InChI is InChI=1S/C21H27N3O3/c1-20(2,3)27-19(26)24-10-8-21(9-11-24)12-16(17(25)13-21)14-4-6-15(7-5-14)18(22)23/h4-7,12H,8-11,13H2,1-3H3,(H3,22,23). The molecular formula is C21H27N3O3. The summed E-state index contributed by atoms with van der Waals surface area (Å²) in [6.07, 6.45) is 3.80. The maximum Gasteiger partial charge on any atom is 0.410 e. The average Bonchev–Trinajstić information content (AvgIpc) is 2.90. The molecule has 0 saturated carbocycles. The van der Waals surface area contributed by atoms with Gasteiger partial charge in [0.15, 0.2) is 5.78 Å². The van der Waals surface area contributed by atoms with Crippen LogP contribution < -0.4 is 5.73 Å². The summed E-state index contributed by atoms with van der Waals surface area (Å²) in [6, 6.07) is 7.22. The van der Waals surface area contributed by atoms with E-state index in [1.54, 1.807) is 17.0 Å². The van der Waals surface area contributed by atoms with Gasteiger partial charge in [0, 0.05) is 30.6 Å². The monoisotopic (exact) mass is 369 g/mol. The van der Waals surface area contributed by atoms with E-state index in [0.29, 0.717) is 25.1 Å². The van der Waals surface area contributed by atoms with Crippen molar-refractivity contribution in [1.82, 2.24) is 4.90 Å². The Hall–Kier alpha value is -2.63. The number of rotatable bonds is 2. The van der Waals surface area contributed by atoms with Crippen molar-refractivity contribution in [3.8, 4) is 0 Å². The molecule has 1 spiro atoms. The highest BCUT2D eigenvalue weighted by Crippen LogP contribution is 2.45. The number of carbonyl (C=O) groups excluding carboxylic acids is 2. The van der Waals surface area contributed by atoms with Gasteiger partial charge >= 0.3 is 6.09 Å². The highest BCUT2D eigenvalue weighted by atomic mass is 16.6. The number of hydrogen-bond acceptors (Lipinski definition) is 4. The number of ether oxygens (including phenoxy) is 1. The van der Waals surface area contributed by atoms with Gasteiger partial charge in [0.25, 0.3) is 0 Å². The van der Waals surface area contributed by atoms with Crippen LogP contribution in [0.4, 0.5) is 4.79 Å². The molecule has 6 heteroatoms. The van der Waals surface area contributed by atoms with Gasteiger partial charge in [0.2, 0.25) is 0 Å². The lowest BCUT2D eigenvalue weighted by molar-refractivity contribution is -0.114. The smallest absolute Gasteiger partial charge is 0.410 e. The quantitative estimate of drug-likeness (QED) is 0.617. The predicted molar refractivity (Wildman–Crippen MR) is 105 cm³/mol. The molecule has 1 aromatic carbocycles. The van der Waals surface area contributed by atoms with Crippen LogP contribution in [0.25, 0.3) is 5.57 Å². The Bertz CT molecular complexity index is 795. The minimum absolute atomic E-state index is 0.0132. The van der Waals surface area contributed by atoms with E-state index in [9.17, 15) is 9.59 Å². The van der Waals surface area contributed by atoms with Crippen LogP contribution in [0.15, 0.2) is 30.3 Å². The first-order valence-electron chi connectivity index (χ1n) is 9.27. The van der Waals surface area contributed by atoms with Crippen LogP contribution in [0.5, 0.6) is 0 Å². The minimum Gasteiger partial charge on any atom is -0.444 e. The van der Waals surface area contributed by atoms with E-state index < -0.39 is 5.60 Å². The van der Waals surface area contributed by atoms with Crippen LogP contribution in [0.2, 0.25) is 0 Å². The number of piperidine rings is 1. The molecule has 1 amide bonds. The Balaban J connectivity index is 1.71. The van der Waals surface area contributed by atoms with Crippen molar-refractivity contribution in [2.45, 2.75) is 45.6 Å². The number of hydrogen-bond donors (Lipinski definition) is 2. The number of allylic oxidation sites excluding steroid dienone is 2. The number of ketones is 1. The van der Waals surface area contributed by atoms with Gasteiger partial charge in [-0.1, -0.05) is 30.3 Å². The number of amides is 1. The molecule has 3 N–H and O–H groups in total. The van der Waals surface area contributed by atoms with Gasteiger partial charge in [-0.05, 0) is 44.6 Å². The van der Waals surface area contributed by atoms with Crippen LogP contribution >= 0.6 is 0 Å². The number of nitrogens with two attached hydrogens (primary N) is 1. The van der Waals surface area contributed by atoms with E-state index >= 15 is 0 Å². The zero-order valence-corrected chi connectivity index (χ0v) is 16.2. The number of carbonyl (C=O) groups is 2. The molecule has 1 aliphatic carbocycles. The molecular weight excluding hydrogens is 342 g/mol. The molecule has 144 valence electrons. The second-order valence-electron chi connectivity index (χ2n) is 8.48. The molecule has 1 aromatic rings. The van der Waals surface area contributed by atoms with E-state index in [0.717, 1.165) is 24.0 Å². The lowest BCUT2D eigenvalue weighted by Crippen LogP contribution is -2.44. The summed E-state index contributed by atoms with van der Waals surface area (Å²) < 4.78 is 5.45. The average molecular weight is 369 g/mol. The van der Waals surface area contributed by atoms with Crippen LogP contribution in [-0.4, -0.2) is 41.3 Å². The Morgan fingerprint density at radius 1 is 1.19 bits per heavy atom. The number of Topliss-reactive ketones (excluding diaryl/α,β-unsaturated/α-hetero) is 1. The molecule has 6 nitrogen and oxygen atoms in total. The second kappa shape index (κ2) is 6.83. The highest BCUT2D eigenvalue weighted by Gasteiger charge is 2.42. The van der Waals surface area contributed by atoms with Gasteiger partial charge in [-0.25, -0.2) is 4.79 Å². The zero-order chi connectivity index (χ0) is 19.8. The molecule has 0 unspecified atom stereocenters. The molecule has 3 rings (SSSR count). The van der Waals surface area contributed by atoms with Gasteiger partial charge in [-0.15, -0.1) is 0 Å². The Morgan fingerprint density at radius 2 is 1.78 bits per heavy atom. The van der Waals surface area contributed by atoms with E-state index in [2.05, 4.69) is 6.08 Å². The molecule has 27 heavy (non-hydrogen) atoms. The Kier molecular flexibility index (Phi) is 4.84. The summed E-state index contributed by atoms with van der Waals surface area (Å²) in [6.45, 7) is 6.76. The molecule has 1 saturated heterocycles. The molecule has 0 atom stereocenters. The second-order valence-corrected chi connectivity index (χ2v) is 8.48. The third-order valence-corrected chi connectivity index (χ3v) is 5.18. The van der Waals surface area contributed by atoms with Gasteiger partial charge in [-0.2, -0.15) is 0 Å². The molecule has 0 aromatic heterocycles. The van der Waals surface area contributed by atoms with E-state index in [1.165, 1.54) is 0 Å². The summed E-state index contributed by atoms with van der Waals surface area (Å²) in [5, 5.41) is 7.47. The lowest BCUT2D eigenvalue weighted by Gasteiger charge is -2.38. The van der Waals surface area contributed by atoms with Crippen molar-refractivity contribution in [2.24, 2.45) is 11.1 Å². The number of nitrogen functional groups attached to an aromatic ring is 1. The van der Waals surface area contributed by atoms with Crippen molar-refractivity contribution in [1.29, 1.82) is 5.41 Å². The third kappa shape index (κ3) is 4.21. The molecule has 0 bridgehead atoms. The van der Waals surface area contributed by atoms with E-state index in [4.69, 9.17) is 15.9 Å². The molecule has 1 fully saturated rings. The van der Waals surface area contributed by atoms with Gasteiger partial charge < -0.3 is 15.4 Å². The highest BCUT2D eigenvalue weighted by molar-refractivity contribution is 6.23. The summed E-state index contributed by atoms with van der Waals surface area (Å²) in [4.78, 5) is 26.6. The van der Waals surface area contributed by atoms with Crippen LogP contribution in [0.3, 0.4) is 0 Å². The van der Waals surface area contributed by atoms with Crippen LogP contribution in [0.1, 0.15) is 51.2 Å². The van der Waals surface area contributed by atoms with Gasteiger partial charge in [0.05, 0.1) is 0 Å². The fourth-order valence-electron chi connectivity index (χ4n) is 3.71. The number of likely N-dealkylation sites (tertiary alicyclic amines) is 1. The summed E-state index contributed by atoms with van der Waals surface area (Å²) >= 11 is 0. The maximum atomic E-state index is 12.6. The van der Waals surface area contributed by atoms with Crippen molar-refractivity contribution in [3.63, 3.8) is 0 Å². The zero-order valence-electron chi connectivity index (χ0n) is 16.2. The van der Waals surface area contributed by atoms with Crippen LogP contribution in [0, 0.1) is 10.8 Å². The summed E-state index contributed by atoms with van der Waals surface area (Å²) in [7, 11) is 0. The Labute approximate surface area is 159 Å². The van der Waals surface area contributed by atoms with Crippen LogP contribution in [-0.2, 0) is 9.53 Å². The molecule has 1 aliphatic heterocycles. The SMILES string of the molecule is CC(C)(C)OC(=O)N1CCC2(C=C(c3ccc(C(=N)N)cc3)C(=O)C2)CC1. The van der Waals surface area contributed by atoms with Crippen molar-refractivity contribution < 1.29 is 14.3 Å². The first kappa shape index (κ1) is 19.1. The van der Waals surface area contributed by atoms with Crippen molar-refractivity contribution in [3.05, 3.63) is 41.5 Å². The first-order valence-corrected chi connectivity index (χ1v) is 9.27. The number of benzene rings is 1. The molecule has 2 aliphatic rings. The van der Waals surface area contributed by atoms with Gasteiger partial charge in [0.1, 0.15) is 11.4 Å². The number of nitrogens with zero attached hydrogens (tertiary/aromatic N) is 1. The summed E-state index contributed by atoms with van der Waals surface area (Å²) in [5.74, 6) is 0.149. The topological polar surface area (TPSA) is 96.5 Å². The minimum atomic E-state index is -0.505. The van der Waals surface area contributed by atoms with E-state index in [1.807, 2.05) is 32.9 Å². The normalized spacial score (nSPS) is 19.1. The number of nitrogens with one attached hydrogen (secondary N) is 1. The third-order valence-electron chi connectivity index (χ3n) is 5.18. The number of amidine groups is 1. The first-order chi connectivity index (χ1) is 12.6. The molecule has 0 radical (unpaired) electrons. The fraction of sp³-hybridized carbons (Fsp3) is 0.476.